The molecule has 0 bridgehead atoms. The smallest absolute Gasteiger partial charge is 0.113 e. The van der Waals surface area contributed by atoms with E-state index in [1.807, 2.05) is 18.1 Å². The summed E-state index contributed by atoms with van der Waals surface area (Å²) in [6, 6.07) is 6.61. The van der Waals surface area contributed by atoms with Crippen molar-refractivity contribution >= 4 is 34.7 Å². The Morgan fingerprint density at radius 1 is 1.30 bits per heavy atom. The van der Waals surface area contributed by atoms with Crippen molar-refractivity contribution in [2.75, 3.05) is 23.7 Å². The van der Waals surface area contributed by atoms with Gasteiger partial charge in [0.2, 0.25) is 0 Å². The summed E-state index contributed by atoms with van der Waals surface area (Å²) in [5.41, 5.74) is 7.16. The van der Waals surface area contributed by atoms with Crippen molar-refractivity contribution in [1.82, 2.24) is 15.2 Å². The fourth-order valence-electron chi connectivity index (χ4n) is 3.45. The number of hydrogen-bond acceptors (Lipinski definition) is 4. The number of fused-ring (bicyclic) bond motifs is 5. The predicted octanol–water partition coefficient (Wildman–Crippen LogP) is 3.36. The third-order valence-electron chi connectivity index (χ3n) is 4.67. The molecule has 2 aliphatic rings. The van der Waals surface area contributed by atoms with Crippen LogP contribution >= 0.6 is 11.8 Å². The largest absolute Gasteiger partial charge is 0.352 e. The van der Waals surface area contributed by atoms with Gasteiger partial charge in [-0.15, -0.1) is 11.8 Å². The number of nitrogens with zero attached hydrogens (tertiary/aromatic N) is 3. The molecule has 3 aromatic rings. The molecule has 0 unspecified atom stereocenters. The molecule has 5 rings (SSSR count). The van der Waals surface area contributed by atoms with Crippen LogP contribution in [0.2, 0.25) is 0 Å². The van der Waals surface area contributed by atoms with Crippen LogP contribution in [0.5, 0.6) is 0 Å². The van der Waals surface area contributed by atoms with Crippen molar-refractivity contribution in [3.05, 3.63) is 29.5 Å². The van der Waals surface area contributed by atoms with E-state index < -0.39 is 0 Å². The molecule has 0 aliphatic carbocycles. The van der Waals surface area contributed by atoms with Crippen LogP contribution in [-0.4, -0.2) is 40.4 Å². The maximum absolute atomic E-state index is 4.55. The Labute approximate surface area is 138 Å². The first-order valence-corrected chi connectivity index (χ1v) is 8.89. The molecule has 0 saturated heterocycles. The number of H-pyrrole nitrogens is 2. The number of aryl methyl sites for hydroxylation is 1. The van der Waals surface area contributed by atoms with E-state index in [0.29, 0.717) is 0 Å². The van der Waals surface area contributed by atoms with Crippen LogP contribution in [-0.2, 0) is 6.42 Å². The van der Waals surface area contributed by atoms with E-state index in [2.05, 4.69) is 50.2 Å². The van der Waals surface area contributed by atoms with Gasteiger partial charge in [0.1, 0.15) is 5.69 Å². The average molecular weight is 323 g/mol. The number of thioether (sulfide) groups is 1. The summed E-state index contributed by atoms with van der Waals surface area (Å²) in [5, 5.41) is 8.98. The highest BCUT2D eigenvalue weighted by atomic mass is 32.2. The van der Waals surface area contributed by atoms with Crippen LogP contribution in [0.25, 0.3) is 22.3 Å². The zero-order valence-electron chi connectivity index (χ0n) is 12.9. The Morgan fingerprint density at radius 3 is 3.13 bits per heavy atom. The zero-order chi connectivity index (χ0) is 15.4. The van der Waals surface area contributed by atoms with Gasteiger partial charge in [-0.25, -0.2) is 0 Å². The number of anilines is 1. The van der Waals surface area contributed by atoms with Gasteiger partial charge in [-0.05, 0) is 31.5 Å². The van der Waals surface area contributed by atoms with Gasteiger partial charge in [-0.1, -0.05) is 0 Å². The average Bonchev–Trinajstić information content (AvgIpc) is 3.25. The molecular weight excluding hydrogens is 306 g/mol. The predicted molar refractivity (Wildman–Crippen MR) is 95.8 cm³/mol. The number of nitrogens with one attached hydrogen (secondary N) is 2. The van der Waals surface area contributed by atoms with E-state index in [0.717, 1.165) is 36.7 Å². The van der Waals surface area contributed by atoms with E-state index in [1.165, 1.54) is 32.7 Å². The minimum Gasteiger partial charge on any atom is -0.352 e. The van der Waals surface area contributed by atoms with Crippen LogP contribution in [0.4, 0.5) is 5.69 Å². The summed E-state index contributed by atoms with van der Waals surface area (Å²) in [4.78, 5) is 11.4. The summed E-state index contributed by atoms with van der Waals surface area (Å²) in [7, 11) is 0. The molecule has 23 heavy (non-hydrogen) atoms. The van der Waals surface area contributed by atoms with Crippen LogP contribution in [0.3, 0.4) is 0 Å². The Balaban J connectivity index is 1.71. The standard InChI is InChI=1S/C17H17N5S/c1-10-12-4-7-23-17-13-8-11(22-6-5-18-9-22)2-3-14(13)19-16(17)15(12)21-20-10/h2-3,8-9,19H,4-7H2,1H3,(H,20,21). The van der Waals surface area contributed by atoms with Crippen molar-refractivity contribution in [1.29, 1.82) is 0 Å². The molecule has 2 N–H and O–H groups in total. The van der Waals surface area contributed by atoms with Gasteiger partial charge < -0.3 is 9.88 Å². The highest BCUT2D eigenvalue weighted by molar-refractivity contribution is 7.99. The lowest BCUT2D eigenvalue weighted by atomic mass is 10.1. The second-order valence-corrected chi connectivity index (χ2v) is 7.15. The van der Waals surface area contributed by atoms with E-state index in [9.17, 15) is 0 Å². The molecule has 1 aromatic carbocycles. The highest BCUT2D eigenvalue weighted by Crippen LogP contribution is 2.42. The number of aromatic amines is 2. The molecule has 2 aromatic heterocycles. The molecule has 0 radical (unpaired) electrons. The van der Waals surface area contributed by atoms with Gasteiger partial charge in [0.25, 0.3) is 0 Å². The molecular formula is C17H17N5S. The van der Waals surface area contributed by atoms with Gasteiger partial charge in [0.15, 0.2) is 0 Å². The molecule has 0 amide bonds. The quantitative estimate of drug-likeness (QED) is 0.722. The zero-order valence-corrected chi connectivity index (χ0v) is 13.7. The molecule has 0 spiro atoms. The molecule has 0 saturated carbocycles. The maximum Gasteiger partial charge on any atom is 0.113 e. The van der Waals surface area contributed by atoms with Crippen molar-refractivity contribution in [2.24, 2.45) is 4.99 Å². The lowest BCUT2D eigenvalue weighted by Crippen LogP contribution is -2.17. The van der Waals surface area contributed by atoms with Gasteiger partial charge in [-0.2, -0.15) is 5.10 Å². The van der Waals surface area contributed by atoms with Crippen molar-refractivity contribution in [2.45, 2.75) is 18.2 Å². The summed E-state index contributed by atoms with van der Waals surface area (Å²) in [5.74, 6) is 1.09. The fourth-order valence-corrected chi connectivity index (χ4v) is 4.57. The lowest BCUT2D eigenvalue weighted by Gasteiger charge is -2.14. The van der Waals surface area contributed by atoms with Gasteiger partial charge >= 0.3 is 0 Å². The Kier molecular flexibility index (Phi) is 2.82. The van der Waals surface area contributed by atoms with E-state index in [4.69, 9.17) is 0 Å². The second-order valence-electron chi connectivity index (χ2n) is 6.05. The fraction of sp³-hybridized carbons (Fsp3) is 0.294. The number of rotatable bonds is 1. The SMILES string of the molecule is Cc1[nH]nc2c1CCSc1c-2[nH]c2ccc(N3C=NCC3)cc12. The van der Waals surface area contributed by atoms with E-state index >= 15 is 0 Å². The van der Waals surface area contributed by atoms with E-state index in [-0.39, 0.29) is 0 Å². The molecule has 6 heteroatoms. The third kappa shape index (κ3) is 1.94. The van der Waals surface area contributed by atoms with Crippen molar-refractivity contribution in [3.8, 4) is 11.4 Å². The van der Waals surface area contributed by atoms with Crippen LogP contribution in [0, 0.1) is 6.92 Å². The molecule has 116 valence electrons. The first-order chi connectivity index (χ1) is 11.3. The van der Waals surface area contributed by atoms with Crippen LogP contribution in [0.1, 0.15) is 11.3 Å². The number of aliphatic imine (C=N–C) groups is 1. The Hall–Kier alpha value is -2.21. The van der Waals surface area contributed by atoms with Crippen molar-refractivity contribution < 1.29 is 0 Å². The lowest BCUT2D eigenvalue weighted by molar-refractivity contribution is 1.02. The first-order valence-electron chi connectivity index (χ1n) is 7.90. The number of benzene rings is 1. The van der Waals surface area contributed by atoms with Gasteiger partial charge in [-0.3, -0.25) is 10.1 Å². The Morgan fingerprint density at radius 2 is 2.26 bits per heavy atom. The summed E-state index contributed by atoms with van der Waals surface area (Å²) < 4.78 is 0. The molecule has 5 nitrogen and oxygen atoms in total. The summed E-state index contributed by atoms with van der Waals surface area (Å²) in [6.07, 6.45) is 3.00. The van der Waals surface area contributed by atoms with Gasteiger partial charge in [0, 0.05) is 45.0 Å². The monoisotopic (exact) mass is 323 g/mol. The van der Waals surface area contributed by atoms with Crippen LogP contribution < -0.4 is 4.90 Å². The second kappa shape index (κ2) is 4.89. The highest BCUT2D eigenvalue weighted by Gasteiger charge is 2.23. The molecule has 2 aliphatic heterocycles. The topological polar surface area (TPSA) is 60.1 Å². The van der Waals surface area contributed by atoms with Crippen LogP contribution in [0.15, 0.2) is 28.1 Å². The summed E-state index contributed by atoms with van der Waals surface area (Å²) >= 11 is 1.93. The van der Waals surface area contributed by atoms with Gasteiger partial charge in [0.05, 0.1) is 18.6 Å². The summed E-state index contributed by atoms with van der Waals surface area (Å²) in [6.45, 7) is 3.96. The number of hydrogen-bond donors (Lipinski definition) is 2. The van der Waals surface area contributed by atoms with E-state index in [1.54, 1.807) is 0 Å². The minimum atomic E-state index is 0.883. The van der Waals surface area contributed by atoms with Crippen molar-refractivity contribution in [3.63, 3.8) is 0 Å². The normalized spacial score (nSPS) is 16.7. The molecule has 0 atom stereocenters. The minimum absolute atomic E-state index is 0.883. The molecule has 4 heterocycles. The Bertz CT molecular complexity index is 936. The first kappa shape index (κ1) is 13.2. The third-order valence-corrected chi connectivity index (χ3v) is 5.79. The number of aromatic nitrogens is 3. The maximum atomic E-state index is 4.55. The molecule has 0 fully saturated rings.